The van der Waals surface area contributed by atoms with E-state index in [-0.39, 0.29) is 0 Å². The van der Waals surface area contributed by atoms with Gasteiger partial charge >= 0.3 is 0 Å². The summed E-state index contributed by atoms with van der Waals surface area (Å²) in [5, 5.41) is 8.45. The third-order valence-corrected chi connectivity index (χ3v) is 5.91. The molecule has 0 spiro atoms. The van der Waals surface area contributed by atoms with Crippen LogP contribution < -0.4 is 4.90 Å². The van der Waals surface area contributed by atoms with Gasteiger partial charge in [0.1, 0.15) is 5.82 Å². The van der Waals surface area contributed by atoms with Gasteiger partial charge in [-0.3, -0.25) is 9.30 Å². The molecule has 116 valence electrons. The maximum atomic E-state index is 4.54. The minimum atomic E-state index is 0.705. The molecule has 22 heavy (non-hydrogen) atoms. The number of anilines is 1. The summed E-state index contributed by atoms with van der Waals surface area (Å²) in [5.74, 6) is 3.87. The van der Waals surface area contributed by atoms with Crippen LogP contribution in [-0.4, -0.2) is 56.7 Å². The lowest BCUT2D eigenvalue weighted by molar-refractivity contribution is 0.190. The Hall–Kier alpha value is -1.69. The number of likely N-dealkylation sites (tertiary alicyclic amines) is 1. The molecular weight excluding hydrogens is 276 g/mol. The molecule has 2 aromatic rings. The molecule has 2 aromatic heterocycles. The molecule has 1 aliphatic carbocycles. The van der Waals surface area contributed by atoms with Gasteiger partial charge in [0, 0.05) is 44.6 Å². The standard InChI is InChI=1S/C16H22N6/c1-11-18-19-16-15(17-5-6-22(11)16)21-9-14(10-21)20-7-12-3-2-4-13(12)8-20/h5-6,12-14H,2-4,7-10H2,1H3. The first-order valence-electron chi connectivity index (χ1n) is 8.45. The van der Waals surface area contributed by atoms with E-state index < -0.39 is 0 Å². The Morgan fingerprint density at radius 1 is 1.05 bits per heavy atom. The van der Waals surface area contributed by atoms with Crippen molar-refractivity contribution < 1.29 is 0 Å². The molecule has 2 atom stereocenters. The van der Waals surface area contributed by atoms with Crippen molar-refractivity contribution >= 4 is 11.5 Å². The number of nitrogens with zero attached hydrogens (tertiary/aromatic N) is 6. The maximum absolute atomic E-state index is 4.54. The highest BCUT2D eigenvalue weighted by Gasteiger charge is 2.42. The highest BCUT2D eigenvalue weighted by atomic mass is 15.4. The van der Waals surface area contributed by atoms with Crippen LogP contribution in [0.25, 0.3) is 5.65 Å². The van der Waals surface area contributed by atoms with Crippen molar-refractivity contribution in [3.63, 3.8) is 0 Å². The van der Waals surface area contributed by atoms with Crippen LogP contribution in [-0.2, 0) is 0 Å². The minimum absolute atomic E-state index is 0.705. The molecule has 3 fully saturated rings. The molecule has 2 unspecified atom stereocenters. The average Bonchev–Trinajstić information content (AvgIpc) is 3.13. The van der Waals surface area contributed by atoms with Gasteiger partial charge < -0.3 is 4.90 Å². The number of hydrogen-bond acceptors (Lipinski definition) is 5. The SMILES string of the molecule is Cc1nnc2c(N3CC(N4CC5CCCC5C4)C3)nccn12. The summed E-state index contributed by atoms with van der Waals surface area (Å²) >= 11 is 0. The van der Waals surface area contributed by atoms with E-state index in [9.17, 15) is 0 Å². The van der Waals surface area contributed by atoms with Crippen molar-refractivity contribution in [3.05, 3.63) is 18.2 Å². The van der Waals surface area contributed by atoms with Gasteiger partial charge in [0.2, 0.25) is 5.65 Å². The van der Waals surface area contributed by atoms with Gasteiger partial charge in [0.25, 0.3) is 0 Å². The summed E-state index contributed by atoms with van der Waals surface area (Å²) in [5.41, 5.74) is 0.886. The van der Waals surface area contributed by atoms with Crippen LogP contribution in [0.5, 0.6) is 0 Å². The normalized spacial score (nSPS) is 29.2. The Bertz CT molecular complexity index is 692. The third-order valence-electron chi connectivity index (χ3n) is 5.91. The predicted molar refractivity (Wildman–Crippen MR) is 83.9 cm³/mol. The van der Waals surface area contributed by atoms with Crippen LogP contribution >= 0.6 is 0 Å². The molecule has 0 aromatic carbocycles. The van der Waals surface area contributed by atoms with E-state index in [4.69, 9.17) is 0 Å². The van der Waals surface area contributed by atoms with Crippen molar-refractivity contribution in [2.24, 2.45) is 11.8 Å². The molecule has 0 N–H and O–H groups in total. The Balaban J connectivity index is 1.31. The topological polar surface area (TPSA) is 49.6 Å². The second-order valence-electron chi connectivity index (χ2n) is 7.16. The third kappa shape index (κ3) is 1.79. The zero-order valence-corrected chi connectivity index (χ0v) is 13.0. The molecular formula is C16H22N6. The van der Waals surface area contributed by atoms with E-state index in [1.165, 1.54) is 32.4 Å². The van der Waals surface area contributed by atoms with Gasteiger partial charge in [-0.15, -0.1) is 10.2 Å². The lowest BCUT2D eigenvalue weighted by Crippen LogP contribution is -2.59. The first kappa shape index (κ1) is 12.8. The zero-order chi connectivity index (χ0) is 14.7. The summed E-state index contributed by atoms with van der Waals surface area (Å²) in [7, 11) is 0. The van der Waals surface area contributed by atoms with E-state index in [1.807, 2.05) is 23.7 Å². The Morgan fingerprint density at radius 2 is 1.82 bits per heavy atom. The van der Waals surface area contributed by atoms with Gasteiger partial charge in [-0.2, -0.15) is 0 Å². The molecule has 6 heteroatoms. The highest BCUT2D eigenvalue weighted by molar-refractivity contribution is 5.65. The van der Waals surface area contributed by atoms with Gasteiger partial charge in [-0.25, -0.2) is 4.98 Å². The average molecular weight is 298 g/mol. The number of rotatable bonds is 2. The van der Waals surface area contributed by atoms with Crippen LogP contribution in [0.3, 0.4) is 0 Å². The van der Waals surface area contributed by atoms with Crippen molar-refractivity contribution in [2.75, 3.05) is 31.1 Å². The zero-order valence-electron chi connectivity index (χ0n) is 13.0. The van der Waals surface area contributed by atoms with Crippen molar-refractivity contribution in [1.29, 1.82) is 0 Å². The lowest BCUT2D eigenvalue weighted by Gasteiger charge is -2.44. The molecule has 2 aliphatic heterocycles. The molecule has 0 amide bonds. The molecule has 0 bridgehead atoms. The van der Waals surface area contributed by atoms with Gasteiger partial charge in [-0.1, -0.05) is 6.42 Å². The monoisotopic (exact) mass is 298 g/mol. The summed E-state index contributed by atoms with van der Waals surface area (Å²) in [6, 6.07) is 0.705. The van der Waals surface area contributed by atoms with Gasteiger partial charge in [-0.05, 0) is 31.6 Å². The van der Waals surface area contributed by atoms with E-state index in [0.29, 0.717) is 6.04 Å². The van der Waals surface area contributed by atoms with Crippen LogP contribution in [0.1, 0.15) is 25.1 Å². The Labute approximate surface area is 130 Å². The van der Waals surface area contributed by atoms with Gasteiger partial charge in [0.05, 0.1) is 0 Å². The van der Waals surface area contributed by atoms with Crippen molar-refractivity contribution in [1.82, 2.24) is 24.5 Å². The quantitative estimate of drug-likeness (QED) is 0.838. The summed E-state index contributed by atoms with van der Waals surface area (Å²) in [6.07, 6.45) is 8.16. The van der Waals surface area contributed by atoms with Crippen molar-refractivity contribution in [2.45, 2.75) is 32.2 Å². The van der Waals surface area contributed by atoms with Crippen LogP contribution in [0, 0.1) is 18.8 Å². The maximum Gasteiger partial charge on any atom is 0.203 e. The molecule has 0 radical (unpaired) electrons. The highest BCUT2D eigenvalue weighted by Crippen LogP contribution is 2.39. The fraction of sp³-hybridized carbons (Fsp3) is 0.688. The van der Waals surface area contributed by atoms with E-state index in [0.717, 1.165) is 42.2 Å². The van der Waals surface area contributed by atoms with E-state index in [2.05, 4.69) is 25.0 Å². The van der Waals surface area contributed by atoms with Crippen LogP contribution in [0.15, 0.2) is 12.4 Å². The largest absolute Gasteiger partial charge is 0.350 e. The molecule has 4 heterocycles. The second kappa shape index (κ2) is 4.65. The summed E-state index contributed by atoms with van der Waals surface area (Å²) in [6.45, 7) is 6.79. The predicted octanol–water partition coefficient (Wildman–Crippen LogP) is 1.35. The van der Waals surface area contributed by atoms with Crippen LogP contribution in [0.4, 0.5) is 5.82 Å². The number of aryl methyl sites for hydroxylation is 1. The molecule has 6 nitrogen and oxygen atoms in total. The lowest BCUT2D eigenvalue weighted by atomic mass is 10.0. The molecule has 5 rings (SSSR count). The van der Waals surface area contributed by atoms with Gasteiger partial charge in [0.15, 0.2) is 5.82 Å². The first-order valence-corrected chi connectivity index (χ1v) is 8.45. The van der Waals surface area contributed by atoms with Crippen LogP contribution in [0.2, 0.25) is 0 Å². The molecule has 2 saturated heterocycles. The number of fused-ring (bicyclic) bond motifs is 2. The number of aromatic nitrogens is 4. The Kier molecular flexibility index (Phi) is 2.71. The summed E-state index contributed by atoms with van der Waals surface area (Å²) in [4.78, 5) is 9.62. The van der Waals surface area contributed by atoms with E-state index in [1.54, 1.807) is 0 Å². The fourth-order valence-electron chi connectivity index (χ4n) is 4.58. The van der Waals surface area contributed by atoms with Crippen molar-refractivity contribution in [3.8, 4) is 0 Å². The Morgan fingerprint density at radius 3 is 2.59 bits per heavy atom. The minimum Gasteiger partial charge on any atom is -0.350 e. The van der Waals surface area contributed by atoms with E-state index >= 15 is 0 Å². The fourth-order valence-corrected chi connectivity index (χ4v) is 4.58. The summed E-state index contributed by atoms with van der Waals surface area (Å²) < 4.78 is 2.02. The first-order chi connectivity index (χ1) is 10.8. The molecule has 3 aliphatic rings. The number of hydrogen-bond donors (Lipinski definition) is 0. The smallest absolute Gasteiger partial charge is 0.203 e. The second-order valence-corrected chi connectivity index (χ2v) is 7.16. The molecule has 1 saturated carbocycles.